The van der Waals surface area contributed by atoms with E-state index in [4.69, 9.17) is 9.84 Å². The molecule has 4 heteroatoms. The van der Waals surface area contributed by atoms with E-state index in [1.54, 1.807) is 0 Å². The predicted octanol–water partition coefficient (Wildman–Crippen LogP) is 0.300. The van der Waals surface area contributed by atoms with Crippen molar-refractivity contribution >= 4 is 5.91 Å². The zero-order chi connectivity index (χ0) is 10.6. The number of aliphatic hydroxyl groups is 1. The lowest BCUT2D eigenvalue weighted by Crippen LogP contribution is -2.41. The first kappa shape index (κ1) is 11.5. The molecule has 1 amide bonds. The molecule has 1 heterocycles. The van der Waals surface area contributed by atoms with E-state index in [1.807, 2.05) is 13.8 Å². The SMILES string of the molecule is CC(C)(CO)CNC(=O)[C@H]1CCCO1. The number of ether oxygens (including phenoxy) is 1. The smallest absolute Gasteiger partial charge is 0.249 e. The molecule has 1 rings (SSSR count). The van der Waals surface area contributed by atoms with Crippen LogP contribution in [0, 0.1) is 5.41 Å². The van der Waals surface area contributed by atoms with Crippen LogP contribution in [-0.4, -0.2) is 36.9 Å². The number of hydrogen-bond donors (Lipinski definition) is 2. The van der Waals surface area contributed by atoms with Crippen molar-refractivity contribution in [2.45, 2.75) is 32.8 Å². The van der Waals surface area contributed by atoms with Crippen LogP contribution < -0.4 is 5.32 Å². The second kappa shape index (κ2) is 4.75. The van der Waals surface area contributed by atoms with Gasteiger partial charge in [-0.2, -0.15) is 0 Å². The van der Waals surface area contributed by atoms with E-state index >= 15 is 0 Å². The van der Waals surface area contributed by atoms with E-state index in [1.165, 1.54) is 0 Å². The molecule has 4 nitrogen and oxygen atoms in total. The number of carbonyl (C=O) groups excluding carboxylic acids is 1. The lowest BCUT2D eigenvalue weighted by Gasteiger charge is -2.22. The van der Waals surface area contributed by atoms with Crippen molar-refractivity contribution in [1.82, 2.24) is 5.32 Å². The standard InChI is InChI=1S/C10H19NO3/c1-10(2,7-12)6-11-9(13)8-4-3-5-14-8/h8,12H,3-7H2,1-2H3,(H,11,13)/t8-/m1/s1. The molecule has 2 N–H and O–H groups in total. The Bertz CT molecular complexity index is 198. The van der Waals surface area contributed by atoms with Gasteiger partial charge in [0.2, 0.25) is 5.91 Å². The molecule has 14 heavy (non-hydrogen) atoms. The van der Waals surface area contributed by atoms with Crippen LogP contribution in [0.15, 0.2) is 0 Å². The summed E-state index contributed by atoms with van der Waals surface area (Å²) in [5, 5.41) is 11.8. The van der Waals surface area contributed by atoms with Gasteiger partial charge in [0.15, 0.2) is 0 Å². The van der Waals surface area contributed by atoms with Gasteiger partial charge < -0.3 is 15.2 Å². The number of nitrogens with one attached hydrogen (secondary N) is 1. The fourth-order valence-corrected chi connectivity index (χ4v) is 1.28. The Labute approximate surface area is 84.6 Å². The summed E-state index contributed by atoms with van der Waals surface area (Å²) in [4.78, 5) is 11.5. The summed E-state index contributed by atoms with van der Waals surface area (Å²) in [6, 6.07) is 0. The molecule has 1 fully saturated rings. The van der Waals surface area contributed by atoms with Crippen molar-refractivity contribution in [2.24, 2.45) is 5.41 Å². The normalized spacial score (nSPS) is 22.4. The zero-order valence-corrected chi connectivity index (χ0v) is 8.88. The minimum Gasteiger partial charge on any atom is -0.396 e. The highest BCUT2D eigenvalue weighted by atomic mass is 16.5. The first-order valence-corrected chi connectivity index (χ1v) is 5.05. The van der Waals surface area contributed by atoms with Crippen LogP contribution in [0.1, 0.15) is 26.7 Å². The average Bonchev–Trinajstić information content (AvgIpc) is 2.67. The van der Waals surface area contributed by atoms with Crippen LogP contribution in [0.3, 0.4) is 0 Å². The van der Waals surface area contributed by atoms with E-state index in [-0.39, 0.29) is 24.0 Å². The largest absolute Gasteiger partial charge is 0.396 e. The third kappa shape index (κ3) is 3.27. The van der Waals surface area contributed by atoms with Gasteiger partial charge in [0.25, 0.3) is 0 Å². The molecule has 1 aliphatic heterocycles. The summed E-state index contributed by atoms with van der Waals surface area (Å²) in [7, 11) is 0. The summed E-state index contributed by atoms with van der Waals surface area (Å²) in [5.41, 5.74) is -0.256. The van der Waals surface area contributed by atoms with Crippen molar-refractivity contribution in [2.75, 3.05) is 19.8 Å². The topological polar surface area (TPSA) is 58.6 Å². The molecule has 1 atom stereocenters. The minimum absolute atomic E-state index is 0.0518. The highest BCUT2D eigenvalue weighted by Gasteiger charge is 2.25. The van der Waals surface area contributed by atoms with Crippen LogP contribution in [0.5, 0.6) is 0 Å². The molecule has 0 radical (unpaired) electrons. The second-order valence-electron chi connectivity index (χ2n) is 4.54. The highest BCUT2D eigenvalue weighted by molar-refractivity contribution is 5.80. The van der Waals surface area contributed by atoms with Crippen LogP contribution >= 0.6 is 0 Å². The number of amides is 1. The molecule has 0 aromatic heterocycles. The van der Waals surface area contributed by atoms with Crippen molar-refractivity contribution in [3.63, 3.8) is 0 Å². The van der Waals surface area contributed by atoms with E-state index in [0.29, 0.717) is 13.2 Å². The molecule has 82 valence electrons. The maximum atomic E-state index is 11.5. The third-order valence-electron chi connectivity index (χ3n) is 2.39. The van der Waals surface area contributed by atoms with Crippen molar-refractivity contribution < 1.29 is 14.6 Å². The zero-order valence-electron chi connectivity index (χ0n) is 8.88. The van der Waals surface area contributed by atoms with E-state index in [0.717, 1.165) is 12.8 Å². The van der Waals surface area contributed by atoms with Crippen LogP contribution in [0.4, 0.5) is 0 Å². The minimum atomic E-state index is -0.274. The fourth-order valence-electron chi connectivity index (χ4n) is 1.28. The summed E-state index contributed by atoms with van der Waals surface area (Å²) in [5.74, 6) is -0.0518. The molecule has 0 aromatic rings. The molecule has 0 saturated carbocycles. The lowest BCUT2D eigenvalue weighted by atomic mass is 9.95. The van der Waals surface area contributed by atoms with Gasteiger partial charge in [-0.05, 0) is 12.8 Å². The van der Waals surface area contributed by atoms with Gasteiger partial charge in [-0.3, -0.25) is 4.79 Å². The summed E-state index contributed by atoms with van der Waals surface area (Å²) in [6.45, 7) is 5.05. The van der Waals surface area contributed by atoms with Gasteiger partial charge in [0.1, 0.15) is 6.10 Å². The maximum Gasteiger partial charge on any atom is 0.249 e. The lowest BCUT2D eigenvalue weighted by molar-refractivity contribution is -0.130. The Morgan fingerprint density at radius 3 is 2.86 bits per heavy atom. The fraction of sp³-hybridized carbons (Fsp3) is 0.900. The monoisotopic (exact) mass is 201 g/mol. The van der Waals surface area contributed by atoms with Gasteiger partial charge in [-0.25, -0.2) is 0 Å². The van der Waals surface area contributed by atoms with Crippen molar-refractivity contribution in [3.05, 3.63) is 0 Å². The third-order valence-corrected chi connectivity index (χ3v) is 2.39. The number of hydrogen-bond acceptors (Lipinski definition) is 3. The van der Waals surface area contributed by atoms with Crippen LogP contribution in [0.2, 0.25) is 0 Å². The summed E-state index contributed by atoms with van der Waals surface area (Å²) < 4.78 is 5.24. The predicted molar refractivity (Wildman–Crippen MR) is 52.9 cm³/mol. The van der Waals surface area contributed by atoms with Crippen molar-refractivity contribution in [3.8, 4) is 0 Å². The van der Waals surface area contributed by atoms with E-state index < -0.39 is 0 Å². The quantitative estimate of drug-likeness (QED) is 0.687. The van der Waals surface area contributed by atoms with Gasteiger partial charge >= 0.3 is 0 Å². The number of aliphatic hydroxyl groups excluding tert-OH is 1. The van der Waals surface area contributed by atoms with Crippen LogP contribution in [-0.2, 0) is 9.53 Å². The Balaban J connectivity index is 2.27. The van der Waals surface area contributed by atoms with Gasteiger partial charge in [0, 0.05) is 25.2 Å². The van der Waals surface area contributed by atoms with E-state index in [2.05, 4.69) is 5.32 Å². The number of rotatable bonds is 4. The first-order valence-electron chi connectivity index (χ1n) is 5.05. The van der Waals surface area contributed by atoms with E-state index in [9.17, 15) is 4.79 Å². The second-order valence-corrected chi connectivity index (χ2v) is 4.54. The number of carbonyl (C=O) groups is 1. The maximum absolute atomic E-state index is 11.5. The molecule has 0 bridgehead atoms. The van der Waals surface area contributed by atoms with Crippen molar-refractivity contribution in [1.29, 1.82) is 0 Å². The molecule has 0 spiro atoms. The molecule has 0 aromatic carbocycles. The molecule has 1 saturated heterocycles. The Hall–Kier alpha value is -0.610. The summed E-state index contributed by atoms with van der Waals surface area (Å²) in [6.07, 6.45) is 1.50. The molecule has 0 aliphatic carbocycles. The molecular weight excluding hydrogens is 182 g/mol. The molecule has 1 aliphatic rings. The highest BCUT2D eigenvalue weighted by Crippen LogP contribution is 2.14. The van der Waals surface area contributed by atoms with Crippen LogP contribution in [0.25, 0.3) is 0 Å². The average molecular weight is 201 g/mol. The van der Waals surface area contributed by atoms with Gasteiger partial charge in [-0.1, -0.05) is 13.8 Å². The Kier molecular flexibility index (Phi) is 3.89. The summed E-state index contributed by atoms with van der Waals surface area (Å²) >= 11 is 0. The van der Waals surface area contributed by atoms with Gasteiger partial charge in [0.05, 0.1) is 0 Å². The Morgan fingerprint density at radius 1 is 1.64 bits per heavy atom. The van der Waals surface area contributed by atoms with Gasteiger partial charge in [-0.15, -0.1) is 0 Å². The Morgan fingerprint density at radius 2 is 2.36 bits per heavy atom. The molecule has 0 unspecified atom stereocenters. The molecular formula is C10H19NO3. The first-order chi connectivity index (χ1) is 6.55.